The van der Waals surface area contributed by atoms with E-state index >= 15 is 0 Å². The van der Waals surface area contributed by atoms with Gasteiger partial charge >= 0.3 is 0 Å². The van der Waals surface area contributed by atoms with Crippen LogP contribution in [0.2, 0.25) is 0 Å². The van der Waals surface area contributed by atoms with E-state index in [-0.39, 0.29) is 5.78 Å². The summed E-state index contributed by atoms with van der Waals surface area (Å²) in [5, 5.41) is 7.64. The molecule has 1 aliphatic heterocycles. The SMILES string of the molecule is COc1cnn(CCN(C)C)c1C(=O)CC1CCCN1. The summed E-state index contributed by atoms with van der Waals surface area (Å²) in [6, 6.07) is 0.296. The van der Waals surface area contributed by atoms with Crippen LogP contribution in [-0.2, 0) is 6.54 Å². The number of ether oxygens (including phenoxy) is 1. The summed E-state index contributed by atoms with van der Waals surface area (Å²) in [7, 11) is 5.59. The molecule has 1 atom stereocenters. The van der Waals surface area contributed by atoms with Crippen LogP contribution in [0, 0.1) is 0 Å². The number of aromatic nitrogens is 2. The largest absolute Gasteiger partial charge is 0.493 e. The van der Waals surface area contributed by atoms with Crippen LogP contribution in [0.4, 0.5) is 0 Å². The summed E-state index contributed by atoms with van der Waals surface area (Å²) in [5.41, 5.74) is 0.600. The molecule has 2 heterocycles. The maximum atomic E-state index is 12.5. The van der Waals surface area contributed by atoms with Crippen molar-refractivity contribution < 1.29 is 9.53 Å². The summed E-state index contributed by atoms with van der Waals surface area (Å²) in [6.07, 6.45) is 4.36. The quantitative estimate of drug-likeness (QED) is 0.748. The molecule has 112 valence electrons. The Morgan fingerprint density at radius 1 is 1.60 bits per heavy atom. The highest BCUT2D eigenvalue weighted by atomic mass is 16.5. The summed E-state index contributed by atoms with van der Waals surface area (Å²) < 4.78 is 7.04. The Morgan fingerprint density at radius 3 is 3.00 bits per heavy atom. The zero-order valence-corrected chi connectivity index (χ0v) is 12.6. The molecule has 0 amide bonds. The Balaban J connectivity index is 2.10. The van der Waals surface area contributed by atoms with E-state index in [0.717, 1.165) is 25.9 Å². The van der Waals surface area contributed by atoms with Gasteiger partial charge in [-0.2, -0.15) is 5.10 Å². The molecule has 1 N–H and O–H groups in total. The predicted octanol–water partition coefficient (Wildman–Crippen LogP) is 0.778. The second kappa shape index (κ2) is 6.85. The minimum absolute atomic E-state index is 0.109. The fraction of sp³-hybridized carbons (Fsp3) is 0.714. The second-order valence-electron chi connectivity index (χ2n) is 5.51. The number of hydrogen-bond acceptors (Lipinski definition) is 5. The van der Waals surface area contributed by atoms with Crippen molar-refractivity contribution in [1.29, 1.82) is 0 Å². The molecule has 6 heteroatoms. The molecule has 1 aliphatic rings. The van der Waals surface area contributed by atoms with Gasteiger partial charge in [0.25, 0.3) is 0 Å². The number of nitrogens with zero attached hydrogens (tertiary/aromatic N) is 3. The van der Waals surface area contributed by atoms with Crippen molar-refractivity contribution in [2.24, 2.45) is 0 Å². The van der Waals surface area contributed by atoms with Crippen molar-refractivity contribution in [3.63, 3.8) is 0 Å². The van der Waals surface area contributed by atoms with Crippen LogP contribution < -0.4 is 10.1 Å². The topological polar surface area (TPSA) is 59.4 Å². The summed E-state index contributed by atoms with van der Waals surface area (Å²) in [6.45, 7) is 2.54. The fourth-order valence-electron chi connectivity index (χ4n) is 2.51. The van der Waals surface area contributed by atoms with Gasteiger partial charge < -0.3 is 15.0 Å². The maximum Gasteiger partial charge on any atom is 0.186 e. The fourth-order valence-corrected chi connectivity index (χ4v) is 2.51. The summed E-state index contributed by atoms with van der Waals surface area (Å²) >= 11 is 0. The van der Waals surface area contributed by atoms with Crippen molar-refractivity contribution in [1.82, 2.24) is 20.0 Å². The lowest BCUT2D eigenvalue weighted by molar-refractivity contribution is 0.0957. The second-order valence-corrected chi connectivity index (χ2v) is 5.51. The lowest BCUT2D eigenvalue weighted by Gasteiger charge is -2.13. The van der Waals surface area contributed by atoms with E-state index in [4.69, 9.17) is 4.74 Å². The number of likely N-dealkylation sites (N-methyl/N-ethyl adjacent to an activating group) is 1. The molecule has 0 radical (unpaired) electrons. The molecule has 1 unspecified atom stereocenters. The number of rotatable bonds is 7. The lowest BCUT2D eigenvalue weighted by atomic mass is 10.1. The number of carbonyl (C=O) groups excluding carboxylic acids is 1. The first kappa shape index (κ1) is 15.0. The van der Waals surface area contributed by atoms with Crippen LogP contribution >= 0.6 is 0 Å². The number of Topliss-reactive ketones (excluding diaryl/α,β-unsaturated/α-hetero) is 1. The molecule has 1 aromatic rings. The third-order valence-electron chi connectivity index (χ3n) is 3.64. The average Bonchev–Trinajstić information content (AvgIpc) is 3.04. The van der Waals surface area contributed by atoms with Gasteiger partial charge in [-0.15, -0.1) is 0 Å². The minimum atomic E-state index is 0.109. The van der Waals surface area contributed by atoms with Crippen LogP contribution in [0.25, 0.3) is 0 Å². The summed E-state index contributed by atoms with van der Waals surface area (Å²) in [5.74, 6) is 0.684. The Hall–Kier alpha value is -1.40. The molecule has 1 aromatic heterocycles. The zero-order valence-electron chi connectivity index (χ0n) is 12.6. The van der Waals surface area contributed by atoms with Crippen molar-refractivity contribution in [3.05, 3.63) is 11.9 Å². The molecule has 0 spiro atoms. The lowest BCUT2D eigenvalue weighted by Crippen LogP contribution is -2.27. The van der Waals surface area contributed by atoms with Crippen LogP contribution in [-0.4, -0.2) is 60.8 Å². The smallest absolute Gasteiger partial charge is 0.186 e. The number of ketones is 1. The van der Waals surface area contributed by atoms with Gasteiger partial charge in [0, 0.05) is 19.0 Å². The molecule has 20 heavy (non-hydrogen) atoms. The van der Waals surface area contributed by atoms with Gasteiger partial charge in [-0.1, -0.05) is 0 Å². The highest BCUT2D eigenvalue weighted by Gasteiger charge is 2.24. The molecule has 1 fully saturated rings. The third-order valence-corrected chi connectivity index (χ3v) is 3.64. The normalized spacial score (nSPS) is 18.7. The van der Waals surface area contributed by atoms with Gasteiger partial charge in [0.05, 0.1) is 19.9 Å². The van der Waals surface area contributed by atoms with E-state index in [2.05, 4.69) is 15.3 Å². The monoisotopic (exact) mass is 280 g/mol. The first-order valence-electron chi connectivity index (χ1n) is 7.13. The van der Waals surface area contributed by atoms with Crippen LogP contribution in [0.3, 0.4) is 0 Å². The molecule has 6 nitrogen and oxygen atoms in total. The maximum absolute atomic E-state index is 12.5. The van der Waals surface area contributed by atoms with Crippen LogP contribution in [0.5, 0.6) is 5.75 Å². The van der Waals surface area contributed by atoms with E-state index in [0.29, 0.717) is 30.5 Å². The Morgan fingerprint density at radius 2 is 2.40 bits per heavy atom. The first-order valence-corrected chi connectivity index (χ1v) is 7.13. The molecule has 0 aliphatic carbocycles. The van der Waals surface area contributed by atoms with E-state index in [9.17, 15) is 4.79 Å². The van der Waals surface area contributed by atoms with Crippen LogP contribution in [0.1, 0.15) is 29.8 Å². The molecule has 0 aromatic carbocycles. The first-order chi connectivity index (χ1) is 9.61. The van der Waals surface area contributed by atoms with Crippen molar-refractivity contribution in [2.45, 2.75) is 31.8 Å². The molecule has 2 rings (SSSR count). The number of carbonyl (C=O) groups is 1. The van der Waals surface area contributed by atoms with E-state index in [1.807, 2.05) is 14.1 Å². The molecule has 0 saturated carbocycles. The van der Waals surface area contributed by atoms with E-state index in [1.165, 1.54) is 0 Å². The molecule has 1 saturated heterocycles. The van der Waals surface area contributed by atoms with E-state index in [1.54, 1.807) is 18.0 Å². The third kappa shape index (κ3) is 3.58. The van der Waals surface area contributed by atoms with Gasteiger partial charge in [0.1, 0.15) is 5.69 Å². The van der Waals surface area contributed by atoms with Gasteiger partial charge in [0.2, 0.25) is 0 Å². The van der Waals surface area contributed by atoms with Crippen molar-refractivity contribution >= 4 is 5.78 Å². The Labute approximate surface area is 120 Å². The Kier molecular flexibility index (Phi) is 5.14. The zero-order chi connectivity index (χ0) is 14.5. The molecular formula is C14H24N4O2. The summed E-state index contributed by atoms with van der Waals surface area (Å²) in [4.78, 5) is 14.6. The van der Waals surface area contributed by atoms with Gasteiger partial charge in [-0.3, -0.25) is 9.48 Å². The van der Waals surface area contributed by atoms with Crippen molar-refractivity contribution in [2.75, 3.05) is 34.3 Å². The average molecular weight is 280 g/mol. The van der Waals surface area contributed by atoms with Gasteiger partial charge in [-0.05, 0) is 33.5 Å². The number of methoxy groups -OCH3 is 1. The van der Waals surface area contributed by atoms with Gasteiger partial charge in [0.15, 0.2) is 11.5 Å². The molecular weight excluding hydrogens is 256 g/mol. The highest BCUT2D eigenvalue weighted by molar-refractivity contribution is 5.97. The standard InChI is InChI=1S/C14H24N4O2/c1-17(2)7-8-18-14(13(20-3)10-16-18)12(19)9-11-5-4-6-15-11/h10-11,15H,4-9H2,1-3H3. The highest BCUT2D eigenvalue weighted by Crippen LogP contribution is 2.21. The van der Waals surface area contributed by atoms with E-state index < -0.39 is 0 Å². The van der Waals surface area contributed by atoms with Gasteiger partial charge in [-0.25, -0.2) is 0 Å². The van der Waals surface area contributed by atoms with Crippen molar-refractivity contribution in [3.8, 4) is 5.75 Å². The minimum Gasteiger partial charge on any atom is -0.493 e. The Bertz CT molecular complexity index is 450. The number of nitrogens with one attached hydrogen (secondary N) is 1. The number of hydrogen-bond donors (Lipinski definition) is 1. The predicted molar refractivity (Wildman–Crippen MR) is 77.3 cm³/mol. The molecule has 0 bridgehead atoms. The van der Waals surface area contributed by atoms with Crippen LogP contribution in [0.15, 0.2) is 6.20 Å².